The lowest BCUT2D eigenvalue weighted by atomic mass is 10.1. The van der Waals surface area contributed by atoms with E-state index in [1.165, 1.54) is 11.2 Å². The summed E-state index contributed by atoms with van der Waals surface area (Å²) in [5.74, 6) is -0.373. The number of carbonyl (C=O) groups is 2. The van der Waals surface area contributed by atoms with Gasteiger partial charge in [-0.25, -0.2) is 8.42 Å². The molecule has 0 saturated carbocycles. The van der Waals surface area contributed by atoms with E-state index in [1.807, 2.05) is 36.4 Å². The first kappa shape index (κ1) is 22.5. The molecule has 0 radical (unpaired) electrons. The zero-order valence-electron chi connectivity index (χ0n) is 18.4. The number of benzene rings is 3. The van der Waals surface area contributed by atoms with Crippen LogP contribution in [-0.4, -0.2) is 32.9 Å². The minimum Gasteiger partial charge on any atom is -0.456 e. The first-order valence-corrected chi connectivity index (χ1v) is 12.4. The highest BCUT2D eigenvalue weighted by Crippen LogP contribution is 2.30. The zero-order valence-corrected chi connectivity index (χ0v) is 19.2. The molecule has 1 aromatic heterocycles. The summed E-state index contributed by atoms with van der Waals surface area (Å²) >= 11 is 0. The molecule has 1 heterocycles. The van der Waals surface area contributed by atoms with Gasteiger partial charge in [-0.1, -0.05) is 30.3 Å². The molecule has 1 N–H and O–H groups in total. The van der Waals surface area contributed by atoms with Gasteiger partial charge in [-0.3, -0.25) is 13.9 Å². The van der Waals surface area contributed by atoms with Gasteiger partial charge in [0.15, 0.2) is 5.78 Å². The topological polar surface area (TPSA) is 96.7 Å². The van der Waals surface area contributed by atoms with Crippen molar-refractivity contribution in [3.63, 3.8) is 0 Å². The van der Waals surface area contributed by atoms with Crippen molar-refractivity contribution in [3.8, 4) is 0 Å². The third kappa shape index (κ3) is 5.06. The van der Waals surface area contributed by atoms with Crippen molar-refractivity contribution in [2.75, 3.05) is 22.4 Å². The molecule has 7 nitrogen and oxygen atoms in total. The molecule has 4 aromatic rings. The Morgan fingerprint density at radius 2 is 1.70 bits per heavy atom. The Bertz CT molecular complexity index is 1460. The van der Waals surface area contributed by atoms with Crippen LogP contribution in [0.1, 0.15) is 30.1 Å². The van der Waals surface area contributed by atoms with E-state index < -0.39 is 10.0 Å². The number of anilines is 2. The van der Waals surface area contributed by atoms with Crippen molar-refractivity contribution in [2.24, 2.45) is 0 Å². The highest BCUT2D eigenvalue weighted by atomic mass is 32.2. The number of amides is 1. The summed E-state index contributed by atoms with van der Waals surface area (Å²) in [6.45, 7) is 1.55. The molecular formula is C25H24N2O5S. The van der Waals surface area contributed by atoms with Crippen LogP contribution in [0.3, 0.4) is 0 Å². The molecule has 0 aliphatic rings. The molecule has 33 heavy (non-hydrogen) atoms. The second-order valence-corrected chi connectivity index (χ2v) is 9.81. The number of hydrogen-bond donors (Lipinski definition) is 1. The molecule has 0 saturated heterocycles. The van der Waals surface area contributed by atoms with Gasteiger partial charge in [-0.2, -0.15) is 0 Å². The monoisotopic (exact) mass is 464 g/mol. The normalized spacial score (nSPS) is 11.6. The van der Waals surface area contributed by atoms with Gasteiger partial charge in [0.1, 0.15) is 11.2 Å². The average Bonchev–Trinajstić information content (AvgIpc) is 3.13. The Morgan fingerprint density at radius 1 is 0.939 bits per heavy atom. The van der Waals surface area contributed by atoms with Gasteiger partial charge in [0.05, 0.1) is 11.9 Å². The molecule has 0 bridgehead atoms. The smallest absolute Gasteiger partial charge is 0.232 e. The molecule has 0 spiro atoms. The van der Waals surface area contributed by atoms with Crippen LogP contribution >= 0.6 is 0 Å². The van der Waals surface area contributed by atoms with Crippen molar-refractivity contribution in [3.05, 3.63) is 72.3 Å². The molecule has 0 aliphatic heterocycles. The van der Waals surface area contributed by atoms with Gasteiger partial charge in [0, 0.05) is 41.1 Å². The van der Waals surface area contributed by atoms with E-state index in [2.05, 4.69) is 5.32 Å². The lowest BCUT2D eigenvalue weighted by molar-refractivity contribution is -0.116. The molecule has 0 unspecified atom stereocenters. The van der Waals surface area contributed by atoms with E-state index in [1.54, 1.807) is 30.3 Å². The lowest BCUT2D eigenvalue weighted by Crippen LogP contribution is -2.31. The largest absolute Gasteiger partial charge is 0.456 e. The maximum absolute atomic E-state index is 12.5. The van der Waals surface area contributed by atoms with E-state index in [4.69, 9.17) is 4.42 Å². The first-order valence-electron chi connectivity index (χ1n) is 10.5. The second-order valence-electron chi connectivity index (χ2n) is 7.90. The van der Waals surface area contributed by atoms with E-state index in [0.29, 0.717) is 28.9 Å². The Hall–Kier alpha value is -3.65. The van der Waals surface area contributed by atoms with Crippen LogP contribution in [0.2, 0.25) is 0 Å². The van der Waals surface area contributed by atoms with Crippen LogP contribution < -0.4 is 9.62 Å². The van der Waals surface area contributed by atoms with Crippen molar-refractivity contribution in [1.82, 2.24) is 0 Å². The number of hydrogen-bond acceptors (Lipinski definition) is 5. The number of Topliss-reactive ketones (excluding diaryl/α,β-unsaturated/α-hetero) is 1. The summed E-state index contributed by atoms with van der Waals surface area (Å²) in [6, 6.07) is 19.7. The van der Waals surface area contributed by atoms with Gasteiger partial charge in [0.2, 0.25) is 15.9 Å². The van der Waals surface area contributed by atoms with Crippen LogP contribution in [0.5, 0.6) is 0 Å². The number of ketones is 1. The van der Waals surface area contributed by atoms with Gasteiger partial charge in [0.25, 0.3) is 0 Å². The molecular weight excluding hydrogens is 440 g/mol. The summed E-state index contributed by atoms with van der Waals surface area (Å²) in [6.07, 6.45) is 1.56. The molecule has 0 aliphatic carbocycles. The fraction of sp³-hybridized carbons (Fsp3) is 0.200. The number of nitrogens with one attached hydrogen (secondary N) is 1. The van der Waals surface area contributed by atoms with Crippen molar-refractivity contribution < 1.29 is 22.4 Å². The summed E-state index contributed by atoms with van der Waals surface area (Å²) in [5.41, 5.74) is 2.91. The first-order chi connectivity index (χ1) is 15.7. The fourth-order valence-corrected chi connectivity index (χ4v) is 4.73. The number of furan rings is 1. The molecule has 0 atom stereocenters. The highest BCUT2D eigenvalue weighted by Gasteiger charge is 2.18. The zero-order chi connectivity index (χ0) is 23.6. The van der Waals surface area contributed by atoms with Crippen LogP contribution in [0.4, 0.5) is 11.4 Å². The summed E-state index contributed by atoms with van der Waals surface area (Å²) in [5, 5.41) is 4.83. The SMILES string of the molecule is CC(=O)c1cccc(N(CCCC(=O)Nc2ccc3c(c2)oc2ccccc23)S(C)(=O)=O)c1. The maximum Gasteiger partial charge on any atom is 0.232 e. The number of carbonyl (C=O) groups excluding carboxylic acids is 2. The molecule has 170 valence electrons. The number of para-hydroxylation sites is 1. The second kappa shape index (κ2) is 9.07. The van der Waals surface area contributed by atoms with E-state index in [-0.39, 0.29) is 24.7 Å². The standard InChI is InChI=1S/C25H24N2O5S/c1-17(28)18-7-5-8-20(15-18)27(33(2,30)31)14-6-11-25(29)26-19-12-13-22-21-9-3-4-10-23(21)32-24(22)16-19/h3-5,7-10,12-13,15-16H,6,11,14H2,1-2H3,(H,26,29). The quantitative estimate of drug-likeness (QED) is 0.371. The van der Waals surface area contributed by atoms with E-state index in [9.17, 15) is 18.0 Å². The van der Waals surface area contributed by atoms with Crippen LogP contribution in [0, 0.1) is 0 Å². The van der Waals surface area contributed by atoms with E-state index >= 15 is 0 Å². The van der Waals surface area contributed by atoms with Crippen molar-refractivity contribution >= 4 is 55.0 Å². The van der Waals surface area contributed by atoms with Gasteiger partial charge in [-0.15, -0.1) is 0 Å². The predicted molar refractivity (Wildman–Crippen MR) is 130 cm³/mol. The van der Waals surface area contributed by atoms with Crippen molar-refractivity contribution in [2.45, 2.75) is 19.8 Å². The molecule has 0 fully saturated rings. The Kier molecular flexibility index (Phi) is 6.20. The number of fused-ring (bicyclic) bond motifs is 3. The number of rotatable bonds is 8. The Morgan fingerprint density at radius 3 is 2.45 bits per heavy atom. The highest BCUT2D eigenvalue weighted by molar-refractivity contribution is 7.92. The maximum atomic E-state index is 12.5. The number of sulfonamides is 1. The van der Waals surface area contributed by atoms with Gasteiger partial charge >= 0.3 is 0 Å². The molecule has 1 amide bonds. The molecule has 8 heteroatoms. The van der Waals surface area contributed by atoms with Gasteiger partial charge < -0.3 is 9.73 Å². The summed E-state index contributed by atoms with van der Waals surface area (Å²) < 4.78 is 31.7. The fourth-order valence-electron chi connectivity index (χ4n) is 3.78. The predicted octanol–water partition coefficient (Wildman–Crippen LogP) is 4.97. The van der Waals surface area contributed by atoms with E-state index in [0.717, 1.165) is 22.6 Å². The minimum absolute atomic E-state index is 0.121. The van der Waals surface area contributed by atoms with Crippen LogP contribution in [-0.2, 0) is 14.8 Å². The van der Waals surface area contributed by atoms with Gasteiger partial charge in [-0.05, 0) is 43.7 Å². The molecule has 4 rings (SSSR count). The van der Waals surface area contributed by atoms with Crippen LogP contribution in [0.15, 0.2) is 71.1 Å². The minimum atomic E-state index is -3.58. The molecule has 3 aromatic carbocycles. The average molecular weight is 465 g/mol. The Balaban J connectivity index is 1.42. The summed E-state index contributed by atoms with van der Waals surface area (Å²) in [7, 11) is -3.58. The van der Waals surface area contributed by atoms with Crippen molar-refractivity contribution in [1.29, 1.82) is 0 Å². The number of nitrogens with zero attached hydrogens (tertiary/aromatic N) is 1. The third-order valence-corrected chi connectivity index (χ3v) is 6.56. The summed E-state index contributed by atoms with van der Waals surface area (Å²) in [4.78, 5) is 24.1. The lowest BCUT2D eigenvalue weighted by Gasteiger charge is -2.22. The third-order valence-electron chi connectivity index (χ3n) is 5.37. The van der Waals surface area contributed by atoms with Crippen LogP contribution in [0.25, 0.3) is 21.9 Å². The Labute approximate surface area is 192 Å².